The summed E-state index contributed by atoms with van der Waals surface area (Å²) in [5, 5.41) is 0. The van der Waals surface area contributed by atoms with Crippen LogP contribution in [0.2, 0.25) is 0 Å². The number of hydrogen-bond acceptors (Lipinski definition) is 3. The van der Waals surface area contributed by atoms with E-state index in [1.807, 2.05) is 0 Å². The van der Waals surface area contributed by atoms with Crippen molar-refractivity contribution >= 4 is 10.0 Å². The van der Waals surface area contributed by atoms with Crippen LogP contribution in [-0.2, 0) is 8.85 Å². The first kappa shape index (κ1) is 17.3. The van der Waals surface area contributed by atoms with Crippen LogP contribution in [0.3, 0.4) is 0 Å². The Morgan fingerprint density at radius 3 is 1.73 bits per heavy atom. The highest BCUT2D eigenvalue weighted by Gasteiger charge is 1.68. The van der Waals surface area contributed by atoms with Crippen molar-refractivity contribution in [3.63, 3.8) is 0 Å². The summed E-state index contributed by atoms with van der Waals surface area (Å²) in [6.45, 7) is 2.98. The molecule has 0 spiro atoms. The highest BCUT2D eigenvalue weighted by molar-refractivity contribution is 6.17. The molecule has 0 fully saturated rings. The summed E-state index contributed by atoms with van der Waals surface area (Å²) in [6.07, 6.45) is 2.39. The molecule has 4 heteroatoms. The second kappa shape index (κ2) is 22.5. The van der Waals surface area contributed by atoms with E-state index in [-0.39, 0.29) is 7.43 Å². The van der Waals surface area contributed by atoms with Gasteiger partial charge in [0.2, 0.25) is 0 Å². The average Bonchev–Trinajstić information content (AvgIpc) is 1.93. The Hall–Kier alpha value is 0.0969. The van der Waals surface area contributed by atoms with Gasteiger partial charge in [0.15, 0.2) is 0 Å². The molecule has 0 aliphatic heterocycles. The SMILES string of the molecule is C.CCCCN.CO[SiH2]OC. The molecule has 3 nitrogen and oxygen atoms in total. The van der Waals surface area contributed by atoms with Gasteiger partial charge < -0.3 is 14.6 Å². The monoisotopic (exact) mass is 181 g/mol. The fourth-order valence-electron chi connectivity index (χ4n) is 0.322. The van der Waals surface area contributed by atoms with Gasteiger partial charge in [-0.05, 0) is 13.0 Å². The lowest BCUT2D eigenvalue weighted by Gasteiger charge is -1.86. The fourth-order valence-corrected chi connectivity index (χ4v) is 0.558. The van der Waals surface area contributed by atoms with E-state index in [0.29, 0.717) is 0 Å². The zero-order valence-corrected chi connectivity index (χ0v) is 8.64. The maximum Gasteiger partial charge on any atom is 0.303 e. The topological polar surface area (TPSA) is 44.5 Å². The maximum atomic E-state index is 5.14. The second-order valence-electron chi connectivity index (χ2n) is 1.84. The summed E-state index contributed by atoms with van der Waals surface area (Å²) in [5.74, 6) is 0. The molecule has 0 heterocycles. The molecule has 72 valence electrons. The molecule has 0 rings (SSSR count). The van der Waals surface area contributed by atoms with Crippen molar-refractivity contribution in [2.45, 2.75) is 27.2 Å². The van der Waals surface area contributed by atoms with Crippen LogP contribution in [0.1, 0.15) is 27.2 Å². The molecule has 0 aromatic carbocycles. The van der Waals surface area contributed by atoms with Crippen molar-refractivity contribution in [1.29, 1.82) is 0 Å². The summed E-state index contributed by atoms with van der Waals surface area (Å²) < 4.78 is 9.22. The van der Waals surface area contributed by atoms with Gasteiger partial charge in [0.1, 0.15) is 0 Å². The van der Waals surface area contributed by atoms with Gasteiger partial charge in [-0.15, -0.1) is 0 Å². The van der Waals surface area contributed by atoms with Crippen LogP contribution < -0.4 is 5.73 Å². The van der Waals surface area contributed by atoms with Gasteiger partial charge in [-0.25, -0.2) is 0 Å². The van der Waals surface area contributed by atoms with E-state index >= 15 is 0 Å². The van der Waals surface area contributed by atoms with Crippen LogP contribution in [0.25, 0.3) is 0 Å². The van der Waals surface area contributed by atoms with Gasteiger partial charge >= 0.3 is 10.0 Å². The van der Waals surface area contributed by atoms with Gasteiger partial charge in [0, 0.05) is 14.2 Å². The van der Waals surface area contributed by atoms with E-state index in [0.717, 1.165) is 6.54 Å². The second-order valence-corrected chi connectivity index (χ2v) is 3.23. The Balaban J connectivity index is -0.000000107. The fraction of sp³-hybridized carbons (Fsp3) is 1.00. The lowest BCUT2D eigenvalue weighted by Crippen LogP contribution is -1.95. The van der Waals surface area contributed by atoms with Gasteiger partial charge in [0.25, 0.3) is 0 Å². The summed E-state index contributed by atoms with van der Waals surface area (Å²) >= 11 is 0. The summed E-state index contributed by atoms with van der Waals surface area (Å²) in [6, 6.07) is 0. The molecule has 0 atom stereocenters. The zero-order valence-electron chi connectivity index (χ0n) is 7.22. The molecule has 0 aromatic rings. The van der Waals surface area contributed by atoms with Crippen LogP contribution in [0.15, 0.2) is 0 Å². The quantitative estimate of drug-likeness (QED) is 0.648. The van der Waals surface area contributed by atoms with E-state index in [9.17, 15) is 0 Å². The first-order valence-corrected chi connectivity index (χ1v) is 4.66. The predicted octanol–water partition coefficient (Wildman–Crippen LogP) is 0.659. The van der Waals surface area contributed by atoms with Gasteiger partial charge in [-0.2, -0.15) is 0 Å². The zero-order chi connectivity index (χ0) is 8.24. The van der Waals surface area contributed by atoms with Crippen LogP contribution >= 0.6 is 0 Å². The first-order chi connectivity index (χ1) is 4.83. The van der Waals surface area contributed by atoms with E-state index < -0.39 is 10.0 Å². The standard InChI is InChI=1S/C4H11N.C2H8O2Si.CH4/c1-2-3-4-5;1-3-5-4-2;/h2-5H2,1H3;5H2,1-2H3;1H4. The lowest BCUT2D eigenvalue weighted by atomic mass is 10.3. The van der Waals surface area contributed by atoms with E-state index in [1.54, 1.807) is 14.2 Å². The Morgan fingerprint density at radius 2 is 1.73 bits per heavy atom. The smallest absolute Gasteiger partial charge is 0.303 e. The van der Waals surface area contributed by atoms with Gasteiger partial charge in [0.05, 0.1) is 0 Å². The van der Waals surface area contributed by atoms with Crippen molar-refractivity contribution in [3.05, 3.63) is 0 Å². The van der Waals surface area contributed by atoms with Crippen LogP contribution in [-0.4, -0.2) is 30.8 Å². The van der Waals surface area contributed by atoms with Crippen molar-refractivity contribution in [3.8, 4) is 0 Å². The maximum absolute atomic E-state index is 5.14. The summed E-state index contributed by atoms with van der Waals surface area (Å²) in [7, 11) is 2.73. The molecular weight excluding hydrogens is 158 g/mol. The number of unbranched alkanes of at least 4 members (excludes halogenated alkanes) is 1. The lowest BCUT2D eigenvalue weighted by molar-refractivity contribution is 0.309. The van der Waals surface area contributed by atoms with Crippen LogP contribution in [0.5, 0.6) is 0 Å². The van der Waals surface area contributed by atoms with Crippen molar-refractivity contribution in [2.24, 2.45) is 5.73 Å². The molecule has 0 aliphatic rings. The molecule has 0 saturated heterocycles. The Labute approximate surface area is 73.3 Å². The minimum Gasteiger partial charge on any atom is -0.402 e. The average molecular weight is 181 g/mol. The third kappa shape index (κ3) is 39.4. The first-order valence-electron chi connectivity index (χ1n) is 3.51. The third-order valence-corrected chi connectivity index (χ3v) is 1.26. The molecule has 2 N–H and O–H groups in total. The van der Waals surface area contributed by atoms with E-state index in [4.69, 9.17) is 5.73 Å². The normalized spacial score (nSPS) is 7.64. The van der Waals surface area contributed by atoms with Crippen LogP contribution in [0.4, 0.5) is 0 Å². The predicted molar refractivity (Wildman–Crippen MR) is 53.3 cm³/mol. The van der Waals surface area contributed by atoms with E-state index in [2.05, 4.69) is 15.8 Å². The molecule has 0 aromatic heterocycles. The highest BCUT2D eigenvalue weighted by atomic mass is 28.3. The molecule has 0 amide bonds. The van der Waals surface area contributed by atoms with Gasteiger partial charge in [-0.1, -0.05) is 20.8 Å². The van der Waals surface area contributed by atoms with Crippen LogP contribution in [0, 0.1) is 0 Å². The van der Waals surface area contributed by atoms with Crippen molar-refractivity contribution < 1.29 is 8.85 Å². The number of nitrogens with two attached hydrogens (primary N) is 1. The largest absolute Gasteiger partial charge is 0.402 e. The molecule has 0 aliphatic carbocycles. The van der Waals surface area contributed by atoms with Crippen molar-refractivity contribution in [2.75, 3.05) is 20.8 Å². The van der Waals surface area contributed by atoms with Gasteiger partial charge in [-0.3, -0.25) is 0 Å². The molecule has 0 radical (unpaired) electrons. The minimum absolute atomic E-state index is 0. The molecule has 0 saturated carbocycles. The summed E-state index contributed by atoms with van der Waals surface area (Å²) in [4.78, 5) is 0. The number of rotatable bonds is 4. The molecule has 0 bridgehead atoms. The minimum atomic E-state index is -0.568. The Kier molecular flexibility index (Phi) is 35.3. The Bertz CT molecular complexity index is 37.4. The molecule has 11 heavy (non-hydrogen) atoms. The third-order valence-electron chi connectivity index (χ3n) is 0.793. The molecule has 0 unspecified atom stereocenters. The number of hydrogen-bond donors (Lipinski definition) is 1. The Morgan fingerprint density at radius 1 is 1.27 bits per heavy atom. The highest BCUT2D eigenvalue weighted by Crippen LogP contribution is 1.77. The van der Waals surface area contributed by atoms with Crippen molar-refractivity contribution in [1.82, 2.24) is 0 Å². The molecular formula is C7H23NO2Si. The summed E-state index contributed by atoms with van der Waals surface area (Å²) in [5.41, 5.74) is 5.14. The van der Waals surface area contributed by atoms with E-state index in [1.165, 1.54) is 12.8 Å².